The second-order valence-electron chi connectivity index (χ2n) is 8.09. The van der Waals surface area contributed by atoms with E-state index in [1.807, 2.05) is 0 Å². The van der Waals surface area contributed by atoms with Crippen molar-refractivity contribution in [2.45, 2.75) is 58.8 Å². The molecule has 5 heteroatoms. The predicted molar refractivity (Wildman–Crippen MR) is 119 cm³/mol. The summed E-state index contributed by atoms with van der Waals surface area (Å²) in [6.07, 6.45) is 9.52. The van der Waals surface area contributed by atoms with Gasteiger partial charge in [0, 0.05) is 37.2 Å². The highest BCUT2D eigenvalue weighted by atomic mass is 16.1. The van der Waals surface area contributed by atoms with Gasteiger partial charge in [-0.2, -0.15) is 0 Å². The monoisotopic (exact) mass is 394 g/mol. The fourth-order valence-electron chi connectivity index (χ4n) is 3.86. The normalized spacial score (nSPS) is 14.8. The molecular weight excluding hydrogens is 360 g/mol. The highest BCUT2D eigenvalue weighted by Gasteiger charge is 2.25. The van der Waals surface area contributed by atoms with Gasteiger partial charge in [-0.15, -0.1) is 0 Å². The van der Waals surface area contributed by atoms with Crippen LogP contribution in [0.25, 0.3) is 11.3 Å². The summed E-state index contributed by atoms with van der Waals surface area (Å²) >= 11 is 0. The third-order valence-corrected chi connectivity index (χ3v) is 5.77. The Morgan fingerprint density at radius 3 is 2.52 bits per heavy atom. The van der Waals surface area contributed by atoms with E-state index < -0.39 is 0 Å². The first kappa shape index (κ1) is 21.3. The summed E-state index contributed by atoms with van der Waals surface area (Å²) in [6, 6.07) is 10.5. The van der Waals surface area contributed by atoms with Crippen molar-refractivity contribution in [2.24, 2.45) is 5.92 Å². The molecule has 1 fully saturated rings. The van der Waals surface area contributed by atoms with Crippen LogP contribution in [-0.2, 0) is 4.79 Å². The van der Waals surface area contributed by atoms with Crippen molar-refractivity contribution in [3.63, 3.8) is 0 Å². The number of nitrogens with zero attached hydrogens (tertiary/aromatic N) is 3. The number of piperidine rings is 1. The zero-order valence-electron chi connectivity index (χ0n) is 17.9. The molecule has 156 valence electrons. The number of unbranched alkanes of at least 4 members (excludes halogenated alkanes) is 4. The van der Waals surface area contributed by atoms with E-state index in [-0.39, 0.29) is 11.8 Å². The quantitative estimate of drug-likeness (QED) is 0.623. The number of amides is 1. The molecule has 1 aromatic heterocycles. The van der Waals surface area contributed by atoms with Crippen LogP contribution in [0.4, 0.5) is 5.82 Å². The molecule has 2 aromatic rings. The Morgan fingerprint density at radius 1 is 1.07 bits per heavy atom. The molecule has 1 aliphatic rings. The van der Waals surface area contributed by atoms with Gasteiger partial charge in [0.05, 0.1) is 5.69 Å². The van der Waals surface area contributed by atoms with Crippen LogP contribution in [0, 0.1) is 12.8 Å². The van der Waals surface area contributed by atoms with Crippen molar-refractivity contribution in [2.75, 3.05) is 24.5 Å². The fourth-order valence-corrected chi connectivity index (χ4v) is 3.86. The first-order valence-electron chi connectivity index (χ1n) is 11.1. The second kappa shape index (κ2) is 10.9. The molecule has 1 aliphatic heterocycles. The number of rotatable bonds is 9. The molecule has 2 heterocycles. The van der Waals surface area contributed by atoms with E-state index in [0.717, 1.165) is 56.0 Å². The highest BCUT2D eigenvalue weighted by Crippen LogP contribution is 2.25. The number of benzene rings is 1. The third-order valence-electron chi connectivity index (χ3n) is 5.77. The molecule has 1 amide bonds. The van der Waals surface area contributed by atoms with Crippen LogP contribution in [-0.4, -0.2) is 35.5 Å². The van der Waals surface area contributed by atoms with Gasteiger partial charge < -0.3 is 10.2 Å². The summed E-state index contributed by atoms with van der Waals surface area (Å²) in [5, 5.41) is 3.14. The van der Waals surface area contributed by atoms with Crippen molar-refractivity contribution in [1.82, 2.24) is 15.3 Å². The molecule has 0 spiro atoms. The molecule has 3 rings (SSSR count). The maximum Gasteiger partial charge on any atom is 0.223 e. The minimum Gasteiger partial charge on any atom is -0.356 e. The SMILES string of the molecule is CCCCCCCNC(=O)C1CCN(c2cc(-c3ccc(C)cc3)ncn2)CC1. The van der Waals surface area contributed by atoms with Crippen LogP contribution in [0.15, 0.2) is 36.7 Å². The Hall–Kier alpha value is -2.43. The lowest BCUT2D eigenvalue weighted by Gasteiger charge is -2.32. The van der Waals surface area contributed by atoms with Crippen molar-refractivity contribution in [3.8, 4) is 11.3 Å². The van der Waals surface area contributed by atoms with Gasteiger partial charge in [-0.3, -0.25) is 4.79 Å². The van der Waals surface area contributed by atoms with Crippen molar-refractivity contribution >= 4 is 11.7 Å². The van der Waals surface area contributed by atoms with E-state index in [1.54, 1.807) is 6.33 Å². The lowest BCUT2D eigenvalue weighted by molar-refractivity contribution is -0.125. The first-order chi connectivity index (χ1) is 14.2. The Morgan fingerprint density at radius 2 is 1.79 bits per heavy atom. The van der Waals surface area contributed by atoms with E-state index in [4.69, 9.17) is 0 Å². The zero-order valence-corrected chi connectivity index (χ0v) is 17.9. The van der Waals surface area contributed by atoms with Crippen molar-refractivity contribution < 1.29 is 4.79 Å². The number of carbonyl (C=O) groups is 1. The average Bonchev–Trinajstić information content (AvgIpc) is 2.77. The average molecular weight is 395 g/mol. The van der Waals surface area contributed by atoms with Gasteiger partial charge >= 0.3 is 0 Å². The molecule has 1 aromatic carbocycles. The minimum absolute atomic E-state index is 0.125. The van der Waals surface area contributed by atoms with Gasteiger partial charge in [0.25, 0.3) is 0 Å². The van der Waals surface area contributed by atoms with Crippen LogP contribution in [0.3, 0.4) is 0 Å². The molecule has 0 aliphatic carbocycles. The Labute approximate surface area is 175 Å². The number of carbonyl (C=O) groups excluding carboxylic acids is 1. The van der Waals surface area contributed by atoms with Gasteiger partial charge in [-0.1, -0.05) is 62.4 Å². The third kappa shape index (κ3) is 6.28. The number of hydrogen-bond donors (Lipinski definition) is 1. The molecule has 0 atom stereocenters. The lowest BCUT2D eigenvalue weighted by atomic mass is 9.95. The van der Waals surface area contributed by atoms with Crippen LogP contribution < -0.4 is 10.2 Å². The van der Waals surface area contributed by atoms with Gasteiger partial charge in [0.1, 0.15) is 12.1 Å². The van der Waals surface area contributed by atoms with Gasteiger partial charge in [-0.05, 0) is 26.2 Å². The van der Waals surface area contributed by atoms with Crippen LogP contribution in [0.2, 0.25) is 0 Å². The van der Waals surface area contributed by atoms with E-state index in [1.165, 1.54) is 31.2 Å². The van der Waals surface area contributed by atoms with E-state index in [2.05, 4.69) is 64.4 Å². The molecule has 5 nitrogen and oxygen atoms in total. The maximum absolute atomic E-state index is 12.4. The molecule has 0 unspecified atom stereocenters. The van der Waals surface area contributed by atoms with E-state index in [0.29, 0.717) is 0 Å². The summed E-state index contributed by atoms with van der Waals surface area (Å²) in [4.78, 5) is 23.6. The molecule has 0 radical (unpaired) electrons. The summed E-state index contributed by atoms with van der Waals surface area (Å²) < 4.78 is 0. The molecule has 1 saturated heterocycles. The Kier molecular flexibility index (Phi) is 8.03. The standard InChI is InChI=1S/C24H34N4O/c1-3-4-5-6-7-14-25-24(29)21-12-15-28(16-13-21)23-17-22(26-18-27-23)20-10-8-19(2)9-11-20/h8-11,17-18,21H,3-7,12-16H2,1-2H3,(H,25,29). The highest BCUT2D eigenvalue weighted by molar-refractivity contribution is 5.79. The molecule has 0 bridgehead atoms. The molecule has 0 saturated carbocycles. The zero-order chi connectivity index (χ0) is 20.5. The smallest absolute Gasteiger partial charge is 0.223 e. The summed E-state index contributed by atoms with van der Waals surface area (Å²) in [5.41, 5.74) is 3.29. The lowest BCUT2D eigenvalue weighted by Crippen LogP contribution is -2.41. The van der Waals surface area contributed by atoms with E-state index >= 15 is 0 Å². The van der Waals surface area contributed by atoms with Crippen LogP contribution in [0.5, 0.6) is 0 Å². The topological polar surface area (TPSA) is 58.1 Å². The Bertz CT molecular complexity index is 767. The predicted octanol–water partition coefficient (Wildman–Crippen LogP) is 4.76. The first-order valence-corrected chi connectivity index (χ1v) is 11.1. The molecule has 29 heavy (non-hydrogen) atoms. The van der Waals surface area contributed by atoms with E-state index in [9.17, 15) is 4.79 Å². The summed E-state index contributed by atoms with van der Waals surface area (Å²) in [5.74, 6) is 1.30. The summed E-state index contributed by atoms with van der Waals surface area (Å²) in [6.45, 7) is 6.84. The Balaban J connectivity index is 1.47. The van der Waals surface area contributed by atoms with Gasteiger partial charge in [-0.25, -0.2) is 9.97 Å². The van der Waals surface area contributed by atoms with Gasteiger partial charge in [0.2, 0.25) is 5.91 Å². The van der Waals surface area contributed by atoms with Crippen LogP contribution >= 0.6 is 0 Å². The number of aromatic nitrogens is 2. The van der Waals surface area contributed by atoms with Gasteiger partial charge in [0.15, 0.2) is 0 Å². The number of nitrogens with one attached hydrogen (secondary N) is 1. The van der Waals surface area contributed by atoms with Crippen molar-refractivity contribution in [3.05, 3.63) is 42.2 Å². The fraction of sp³-hybridized carbons (Fsp3) is 0.542. The number of anilines is 1. The van der Waals surface area contributed by atoms with Crippen LogP contribution in [0.1, 0.15) is 57.4 Å². The minimum atomic E-state index is 0.125. The molecular formula is C24H34N4O. The number of aryl methyl sites for hydroxylation is 1. The second-order valence-corrected chi connectivity index (χ2v) is 8.09. The van der Waals surface area contributed by atoms with Crippen molar-refractivity contribution in [1.29, 1.82) is 0 Å². The molecule has 1 N–H and O–H groups in total. The summed E-state index contributed by atoms with van der Waals surface area (Å²) in [7, 11) is 0. The largest absolute Gasteiger partial charge is 0.356 e. The maximum atomic E-state index is 12.4. The number of hydrogen-bond acceptors (Lipinski definition) is 4.